The molecule has 0 unspecified atom stereocenters. The summed E-state index contributed by atoms with van der Waals surface area (Å²) in [6, 6.07) is 5.12. The summed E-state index contributed by atoms with van der Waals surface area (Å²) in [5.41, 5.74) is 1.78. The van der Waals surface area contributed by atoms with Crippen molar-refractivity contribution >= 4 is 17.1 Å². The second-order valence-electron chi connectivity index (χ2n) is 4.59. The Bertz CT molecular complexity index is 632. The fraction of sp³-hybridized carbons (Fsp3) is 0.357. The lowest BCUT2D eigenvalue weighted by Gasteiger charge is -2.09. The predicted octanol–water partition coefficient (Wildman–Crippen LogP) is 3.24. The Balaban J connectivity index is 2.22. The van der Waals surface area contributed by atoms with Gasteiger partial charge in [0.15, 0.2) is 0 Å². The van der Waals surface area contributed by atoms with Crippen molar-refractivity contribution in [1.29, 1.82) is 0 Å². The molecule has 21 heavy (non-hydrogen) atoms. The van der Waals surface area contributed by atoms with E-state index >= 15 is 0 Å². The van der Waals surface area contributed by atoms with Gasteiger partial charge in [0.05, 0.1) is 17.2 Å². The smallest absolute Gasteiger partial charge is 0.315 e. The number of nitrogens with one attached hydrogen (secondary N) is 2. The number of hydrogen-bond acceptors (Lipinski definition) is 6. The minimum Gasteiger partial charge on any atom is -0.444 e. The van der Waals surface area contributed by atoms with Crippen LogP contribution in [0, 0.1) is 24.0 Å². The molecule has 2 N–H and O–H groups in total. The summed E-state index contributed by atoms with van der Waals surface area (Å²) in [5.74, 6) is 1.26. The molecule has 0 spiro atoms. The van der Waals surface area contributed by atoms with Crippen LogP contribution in [0.4, 0.5) is 17.1 Å². The highest BCUT2D eigenvalue weighted by Crippen LogP contribution is 2.33. The second kappa shape index (κ2) is 6.25. The van der Waals surface area contributed by atoms with Crippen molar-refractivity contribution in [2.24, 2.45) is 0 Å². The molecular formula is C14H18N4O3. The van der Waals surface area contributed by atoms with E-state index in [1.807, 2.05) is 20.8 Å². The molecule has 1 aromatic carbocycles. The van der Waals surface area contributed by atoms with Crippen molar-refractivity contribution in [3.63, 3.8) is 0 Å². The monoisotopic (exact) mass is 290 g/mol. The van der Waals surface area contributed by atoms with Gasteiger partial charge < -0.3 is 15.1 Å². The third-order valence-corrected chi connectivity index (χ3v) is 3.09. The lowest BCUT2D eigenvalue weighted by atomic mass is 10.2. The van der Waals surface area contributed by atoms with Crippen molar-refractivity contribution in [2.75, 3.05) is 17.2 Å². The maximum absolute atomic E-state index is 11.3. The van der Waals surface area contributed by atoms with Gasteiger partial charge in [0, 0.05) is 6.54 Å². The number of rotatable bonds is 6. The number of hydrogen-bond donors (Lipinski definition) is 2. The maximum atomic E-state index is 11.3. The molecule has 0 aliphatic carbocycles. The molecule has 7 nitrogen and oxygen atoms in total. The first kappa shape index (κ1) is 14.8. The van der Waals surface area contributed by atoms with E-state index in [0.29, 0.717) is 30.4 Å². The molecule has 0 amide bonds. The van der Waals surface area contributed by atoms with Crippen LogP contribution in [0.1, 0.15) is 24.3 Å². The Morgan fingerprint density at radius 2 is 1.95 bits per heavy atom. The van der Waals surface area contributed by atoms with Gasteiger partial charge in [-0.25, -0.2) is 4.98 Å². The minimum atomic E-state index is -0.396. The van der Waals surface area contributed by atoms with Gasteiger partial charge in [0.25, 0.3) is 0 Å². The van der Waals surface area contributed by atoms with E-state index in [4.69, 9.17) is 4.42 Å². The van der Waals surface area contributed by atoms with Crippen molar-refractivity contribution in [1.82, 2.24) is 4.98 Å². The molecule has 0 radical (unpaired) electrons. The Labute approximate surface area is 122 Å². The molecule has 0 fully saturated rings. The molecule has 0 atom stereocenters. The summed E-state index contributed by atoms with van der Waals surface area (Å²) in [7, 11) is 0. The second-order valence-corrected chi connectivity index (χ2v) is 4.59. The van der Waals surface area contributed by atoms with Crippen LogP contribution in [-0.4, -0.2) is 16.5 Å². The zero-order valence-corrected chi connectivity index (χ0v) is 12.3. The van der Waals surface area contributed by atoms with E-state index in [1.165, 1.54) is 0 Å². The van der Waals surface area contributed by atoms with Gasteiger partial charge in [0.1, 0.15) is 17.1 Å². The van der Waals surface area contributed by atoms with Crippen molar-refractivity contribution in [3.8, 4) is 0 Å². The van der Waals surface area contributed by atoms with Crippen LogP contribution >= 0.6 is 0 Å². The molecule has 1 aromatic heterocycles. The Morgan fingerprint density at radius 3 is 2.48 bits per heavy atom. The van der Waals surface area contributed by atoms with E-state index in [9.17, 15) is 10.1 Å². The van der Waals surface area contributed by atoms with E-state index in [-0.39, 0.29) is 5.69 Å². The molecular weight excluding hydrogens is 272 g/mol. The molecule has 7 heteroatoms. The highest BCUT2D eigenvalue weighted by Gasteiger charge is 2.19. The summed E-state index contributed by atoms with van der Waals surface area (Å²) in [6.45, 7) is 6.49. The molecule has 0 bridgehead atoms. The van der Waals surface area contributed by atoms with Gasteiger partial charge in [-0.05, 0) is 32.9 Å². The Kier molecular flexibility index (Phi) is 4.42. The van der Waals surface area contributed by atoms with Crippen molar-refractivity contribution in [2.45, 2.75) is 27.3 Å². The number of nitro groups is 1. The maximum Gasteiger partial charge on any atom is 0.315 e. The number of aryl methyl sites for hydroxylation is 2. The first-order chi connectivity index (χ1) is 10.0. The summed E-state index contributed by atoms with van der Waals surface area (Å²) >= 11 is 0. The van der Waals surface area contributed by atoms with Crippen LogP contribution in [0.2, 0.25) is 0 Å². The highest BCUT2D eigenvalue weighted by molar-refractivity contribution is 5.76. The van der Waals surface area contributed by atoms with Crippen LogP contribution in [0.3, 0.4) is 0 Å². The first-order valence-electron chi connectivity index (χ1n) is 6.71. The largest absolute Gasteiger partial charge is 0.444 e. The predicted molar refractivity (Wildman–Crippen MR) is 80.6 cm³/mol. The number of oxazole rings is 1. The summed E-state index contributed by atoms with van der Waals surface area (Å²) in [4.78, 5) is 15.1. The van der Waals surface area contributed by atoms with Gasteiger partial charge in [-0.2, -0.15) is 0 Å². The molecule has 0 saturated carbocycles. The molecule has 1 heterocycles. The van der Waals surface area contributed by atoms with E-state index in [2.05, 4.69) is 15.6 Å². The van der Waals surface area contributed by atoms with Gasteiger partial charge in [0.2, 0.25) is 5.89 Å². The molecule has 2 rings (SSSR count). The number of aromatic nitrogens is 1. The molecule has 0 saturated heterocycles. The molecule has 0 aliphatic heterocycles. The quantitative estimate of drug-likeness (QED) is 0.626. The zero-order valence-electron chi connectivity index (χ0n) is 12.3. The SMILES string of the molecule is CCNc1cccc(NCc2nc(C)c(C)o2)c1[N+](=O)[O-]. The third kappa shape index (κ3) is 3.31. The van der Waals surface area contributed by atoms with E-state index in [1.54, 1.807) is 18.2 Å². The summed E-state index contributed by atoms with van der Waals surface area (Å²) in [5, 5.41) is 17.3. The lowest BCUT2D eigenvalue weighted by Crippen LogP contribution is -2.06. The number of para-hydroxylation sites is 1. The molecule has 2 aromatic rings. The normalized spacial score (nSPS) is 10.4. The van der Waals surface area contributed by atoms with Gasteiger partial charge in [-0.3, -0.25) is 10.1 Å². The van der Waals surface area contributed by atoms with Crippen molar-refractivity contribution < 1.29 is 9.34 Å². The Morgan fingerprint density at radius 1 is 1.29 bits per heavy atom. The van der Waals surface area contributed by atoms with Crippen LogP contribution < -0.4 is 10.6 Å². The number of anilines is 2. The number of benzene rings is 1. The average Bonchev–Trinajstić information content (AvgIpc) is 2.75. The summed E-state index contributed by atoms with van der Waals surface area (Å²) in [6.07, 6.45) is 0. The van der Waals surface area contributed by atoms with Gasteiger partial charge in [-0.15, -0.1) is 0 Å². The fourth-order valence-electron chi connectivity index (χ4n) is 2.00. The minimum absolute atomic E-state index is 0.0272. The van der Waals surface area contributed by atoms with Crippen molar-refractivity contribution in [3.05, 3.63) is 45.7 Å². The molecule has 0 aliphatic rings. The fourth-order valence-corrected chi connectivity index (χ4v) is 2.00. The first-order valence-corrected chi connectivity index (χ1v) is 6.71. The van der Waals surface area contributed by atoms with Crippen LogP contribution in [0.15, 0.2) is 22.6 Å². The van der Waals surface area contributed by atoms with E-state index < -0.39 is 4.92 Å². The Hall–Kier alpha value is -2.57. The van der Waals surface area contributed by atoms with Crippen LogP contribution in [0.25, 0.3) is 0 Å². The van der Waals surface area contributed by atoms with E-state index in [0.717, 1.165) is 11.5 Å². The highest BCUT2D eigenvalue weighted by atomic mass is 16.6. The molecule has 112 valence electrons. The number of nitrogens with zero attached hydrogens (tertiary/aromatic N) is 2. The summed E-state index contributed by atoms with van der Waals surface area (Å²) < 4.78 is 5.46. The van der Waals surface area contributed by atoms with Gasteiger partial charge >= 0.3 is 5.69 Å². The number of nitro benzene ring substituents is 1. The standard InChI is InChI=1S/C14H18N4O3/c1-4-15-11-6-5-7-12(14(11)18(19)20)16-8-13-17-9(2)10(3)21-13/h5-7,15-16H,4,8H2,1-3H3. The topological polar surface area (TPSA) is 93.2 Å². The lowest BCUT2D eigenvalue weighted by molar-refractivity contribution is -0.383. The third-order valence-electron chi connectivity index (χ3n) is 3.09. The van der Waals surface area contributed by atoms with Gasteiger partial charge in [-0.1, -0.05) is 6.07 Å². The van der Waals surface area contributed by atoms with Crippen LogP contribution in [0.5, 0.6) is 0 Å². The average molecular weight is 290 g/mol. The van der Waals surface area contributed by atoms with Crippen LogP contribution in [-0.2, 0) is 6.54 Å². The zero-order chi connectivity index (χ0) is 15.4.